The van der Waals surface area contributed by atoms with Gasteiger partial charge in [-0.05, 0) is 50.3 Å². The molecule has 0 radical (unpaired) electrons. The lowest BCUT2D eigenvalue weighted by Gasteiger charge is -2.27. The smallest absolute Gasteiger partial charge is 0.269 e. The first-order chi connectivity index (χ1) is 15.0. The Bertz CT molecular complexity index is 1040. The first-order valence-corrected chi connectivity index (χ1v) is 11.6. The number of nitrogens with zero attached hydrogens (tertiary/aromatic N) is 3. The summed E-state index contributed by atoms with van der Waals surface area (Å²) in [5.74, 6) is 2.00. The van der Waals surface area contributed by atoms with Crippen molar-refractivity contribution in [3.8, 4) is 0 Å². The highest BCUT2D eigenvalue weighted by molar-refractivity contribution is 7.83. The minimum absolute atomic E-state index is 0.0684. The summed E-state index contributed by atoms with van der Waals surface area (Å²) in [6, 6.07) is 1.17. The van der Waals surface area contributed by atoms with Gasteiger partial charge in [0, 0.05) is 14.1 Å². The van der Waals surface area contributed by atoms with E-state index < -0.39 is 17.2 Å². The van der Waals surface area contributed by atoms with Gasteiger partial charge < -0.3 is 25.1 Å². The van der Waals surface area contributed by atoms with Crippen LogP contribution in [0.5, 0.6) is 0 Å². The second-order valence-electron chi connectivity index (χ2n) is 8.64. The molecule has 3 rings (SSSR count). The molecule has 2 unspecified atom stereocenters. The first kappa shape index (κ1) is 23.8. The van der Waals surface area contributed by atoms with E-state index in [9.17, 15) is 14.1 Å². The maximum atomic E-state index is 12.5. The molecule has 1 aliphatic carbocycles. The molecule has 1 aromatic rings. The zero-order valence-corrected chi connectivity index (χ0v) is 20.3. The molecule has 2 heterocycles. The van der Waals surface area contributed by atoms with Crippen LogP contribution in [0.3, 0.4) is 0 Å². The molecule has 0 saturated heterocycles. The van der Waals surface area contributed by atoms with Crippen molar-refractivity contribution in [1.82, 2.24) is 15.5 Å². The number of aliphatic hydroxyl groups excluding tert-OH is 1. The predicted molar refractivity (Wildman–Crippen MR) is 126 cm³/mol. The molecule has 0 spiro atoms. The van der Waals surface area contributed by atoms with Crippen LogP contribution in [-0.4, -0.2) is 51.9 Å². The largest absolute Gasteiger partial charge is 0.509 e. The third-order valence-corrected chi connectivity index (χ3v) is 6.26. The summed E-state index contributed by atoms with van der Waals surface area (Å²) in [4.78, 5) is 14.0. The van der Waals surface area contributed by atoms with Gasteiger partial charge in [-0.2, -0.15) is 0 Å². The van der Waals surface area contributed by atoms with Crippen LogP contribution >= 0.6 is 0 Å². The minimum Gasteiger partial charge on any atom is -0.509 e. The Morgan fingerprint density at radius 2 is 1.91 bits per heavy atom. The zero-order valence-electron chi connectivity index (χ0n) is 19.5. The molecule has 0 saturated carbocycles. The molecule has 1 amide bonds. The highest BCUT2D eigenvalue weighted by Crippen LogP contribution is 2.28. The van der Waals surface area contributed by atoms with Gasteiger partial charge in [-0.1, -0.05) is 19.9 Å². The summed E-state index contributed by atoms with van der Waals surface area (Å²) < 4.78 is 26.2. The fraction of sp³-hybridized carbons (Fsp3) is 0.500. The molecule has 9 nitrogen and oxygen atoms in total. The van der Waals surface area contributed by atoms with E-state index in [1.807, 2.05) is 39.8 Å². The molecule has 32 heavy (non-hydrogen) atoms. The van der Waals surface area contributed by atoms with Crippen LogP contribution in [0.4, 0.5) is 0 Å². The second-order valence-corrected chi connectivity index (χ2v) is 9.47. The van der Waals surface area contributed by atoms with Crippen LogP contribution < -0.4 is 10.6 Å². The van der Waals surface area contributed by atoms with Gasteiger partial charge in [0.25, 0.3) is 17.1 Å². The van der Waals surface area contributed by atoms with E-state index in [1.165, 1.54) is 4.90 Å². The molecule has 0 aromatic carbocycles. The number of amidine groups is 2. The zero-order chi connectivity index (χ0) is 23.7. The number of likely N-dealkylation sites (N-methyl/N-ethyl adjacent to an activating group) is 1. The quantitative estimate of drug-likeness (QED) is 0.620. The van der Waals surface area contributed by atoms with Gasteiger partial charge in [0.15, 0.2) is 11.7 Å². The Balaban J connectivity index is 1.84. The van der Waals surface area contributed by atoms with Crippen molar-refractivity contribution in [3.63, 3.8) is 0 Å². The number of nitrogens with one attached hydrogen (secondary N) is 2. The molecule has 3 atom stereocenters. The van der Waals surface area contributed by atoms with E-state index in [-0.39, 0.29) is 35.0 Å². The lowest BCUT2D eigenvalue weighted by Crippen LogP contribution is -2.47. The van der Waals surface area contributed by atoms with E-state index in [0.717, 1.165) is 17.1 Å². The van der Waals surface area contributed by atoms with Gasteiger partial charge in [0.05, 0.1) is 17.7 Å². The molecule has 1 aromatic heterocycles. The second kappa shape index (κ2) is 9.32. The van der Waals surface area contributed by atoms with E-state index in [4.69, 9.17) is 4.42 Å². The number of rotatable bonds is 5. The van der Waals surface area contributed by atoms with Crippen molar-refractivity contribution in [1.29, 1.82) is 0 Å². The number of carbonyl (C=O) groups excluding carboxylic acids is 1. The number of aryl methyl sites for hydroxylation is 2. The molecule has 0 fully saturated rings. The van der Waals surface area contributed by atoms with Crippen LogP contribution in [-0.2, 0) is 16.0 Å². The van der Waals surface area contributed by atoms with Crippen molar-refractivity contribution in [2.75, 3.05) is 14.1 Å². The number of carbonyl (C=O) groups is 1. The van der Waals surface area contributed by atoms with Gasteiger partial charge in [0.1, 0.15) is 17.3 Å². The summed E-state index contributed by atoms with van der Waals surface area (Å²) in [6.07, 6.45) is 2.33. The Labute approximate surface area is 191 Å². The normalized spacial score (nSPS) is 21.8. The average Bonchev–Trinajstić information content (AvgIpc) is 3.22. The molecule has 1 aliphatic heterocycles. The van der Waals surface area contributed by atoms with Crippen molar-refractivity contribution in [3.05, 3.63) is 46.1 Å². The van der Waals surface area contributed by atoms with Gasteiger partial charge in [0.2, 0.25) is 0 Å². The summed E-state index contributed by atoms with van der Waals surface area (Å²) in [5, 5.41) is 17.2. The Morgan fingerprint density at radius 1 is 1.25 bits per heavy atom. The topological polar surface area (TPSA) is 120 Å². The predicted octanol–water partition coefficient (Wildman–Crippen LogP) is 2.78. The Morgan fingerprint density at radius 3 is 2.47 bits per heavy atom. The third kappa shape index (κ3) is 4.79. The van der Waals surface area contributed by atoms with Gasteiger partial charge >= 0.3 is 0 Å². The van der Waals surface area contributed by atoms with Crippen LogP contribution in [0.15, 0.2) is 42.3 Å². The maximum absolute atomic E-state index is 12.5. The molecule has 10 heteroatoms. The number of hydrogen-bond donors (Lipinski definition) is 3. The number of aliphatic hydroxyl groups is 1. The van der Waals surface area contributed by atoms with Crippen LogP contribution in [0, 0.1) is 19.8 Å². The number of hydrogen-bond acceptors (Lipinski definition) is 6. The summed E-state index contributed by atoms with van der Waals surface area (Å²) in [7, 11) is 3.27. The SMILES string of the molecule is CC1=CCC(NC2=NS(=O)N=C2N[C@@H](c2cc(C)c(C)o2)C(C)C)C(O)=C1C(=O)N(C)C. The Hall–Kier alpha value is -2.88. The van der Waals surface area contributed by atoms with E-state index in [0.29, 0.717) is 17.8 Å². The fourth-order valence-electron chi connectivity index (χ4n) is 3.60. The van der Waals surface area contributed by atoms with Gasteiger partial charge in [-0.15, -0.1) is 8.80 Å². The van der Waals surface area contributed by atoms with Gasteiger partial charge in [-0.25, -0.2) is 4.21 Å². The van der Waals surface area contributed by atoms with Crippen LogP contribution in [0.1, 0.15) is 50.3 Å². The summed E-state index contributed by atoms with van der Waals surface area (Å²) >= 11 is -1.78. The molecular formula is C22H31N5O4S. The average molecular weight is 462 g/mol. The van der Waals surface area contributed by atoms with Crippen LogP contribution in [0.2, 0.25) is 0 Å². The monoisotopic (exact) mass is 461 g/mol. The van der Waals surface area contributed by atoms with Crippen molar-refractivity contribution >= 4 is 28.8 Å². The highest BCUT2D eigenvalue weighted by atomic mass is 32.2. The highest BCUT2D eigenvalue weighted by Gasteiger charge is 2.32. The minimum atomic E-state index is -1.78. The molecular weight excluding hydrogens is 430 g/mol. The molecule has 3 N–H and O–H groups in total. The van der Waals surface area contributed by atoms with Crippen molar-refractivity contribution in [2.45, 2.75) is 53.1 Å². The summed E-state index contributed by atoms with van der Waals surface area (Å²) in [6.45, 7) is 9.78. The van der Waals surface area contributed by atoms with Crippen molar-refractivity contribution < 1.29 is 18.5 Å². The van der Waals surface area contributed by atoms with E-state index >= 15 is 0 Å². The number of amides is 1. The molecule has 0 bridgehead atoms. The standard InChI is InChI=1S/C22H31N5O4S/c1-11(2)18(16-10-13(4)14(5)31-16)24-21-20(25-32(30)26-21)23-15-9-8-12(3)17(19(15)28)22(29)27(6)7/h8,10-11,15,18,28H,9H2,1-7H3,(H,23,25)(H,24,26)/t15?,18-,32?/m1/s1. The molecule has 2 aliphatic rings. The lowest BCUT2D eigenvalue weighted by molar-refractivity contribution is -0.124. The molecule has 174 valence electrons. The third-order valence-electron chi connectivity index (χ3n) is 5.58. The Kier molecular flexibility index (Phi) is 6.92. The fourth-order valence-corrected chi connectivity index (χ4v) is 4.23. The summed E-state index contributed by atoms with van der Waals surface area (Å²) in [5.41, 5.74) is 2.02. The number of furan rings is 1. The first-order valence-electron chi connectivity index (χ1n) is 10.5. The van der Waals surface area contributed by atoms with E-state index in [1.54, 1.807) is 21.0 Å². The maximum Gasteiger partial charge on any atom is 0.269 e. The lowest BCUT2D eigenvalue weighted by atomic mass is 9.93. The van der Waals surface area contributed by atoms with Gasteiger partial charge in [-0.3, -0.25) is 4.79 Å². The van der Waals surface area contributed by atoms with E-state index in [2.05, 4.69) is 19.4 Å². The van der Waals surface area contributed by atoms with Crippen LogP contribution in [0.25, 0.3) is 0 Å². The van der Waals surface area contributed by atoms with Crippen molar-refractivity contribution in [2.24, 2.45) is 14.7 Å².